The van der Waals surface area contributed by atoms with Gasteiger partial charge in [-0.15, -0.1) is 0 Å². The Labute approximate surface area is 103 Å². The van der Waals surface area contributed by atoms with Crippen LogP contribution in [0.25, 0.3) is 0 Å². The molecule has 0 radical (unpaired) electrons. The molecule has 1 amide bonds. The molecule has 0 bridgehead atoms. The van der Waals surface area contributed by atoms with Gasteiger partial charge in [-0.1, -0.05) is 0 Å². The predicted molar refractivity (Wildman–Crippen MR) is 64.5 cm³/mol. The van der Waals surface area contributed by atoms with Crippen LogP contribution in [0, 0.1) is 0 Å². The van der Waals surface area contributed by atoms with Gasteiger partial charge in [0.1, 0.15) is 6.42 Å². The van der Waals surface area contributed by atoms with E-state index in [4.69, 9.17) is 4.74 Å². The third-order valence-electron chi connectivity index (χ3n) is 3.14. The van der Waals surface area contributed by atoms with Crippen LogP contribution in [0.1, 0.15) is 26.2 Å². The maximum absolute atomic E-state index is 11.8. The highest BCUT2D eigenvalue weighted by molar-refractivity contribution is 5.94. The molecular formula is C12H22N2O3. The van der Waals surface area contributed by atoms with E-state index in [2.05, 4.69) is 11.9 Å². The van der Waals surface area contributed by atoms with Gasteiger partial charge >= 0.3 is 5.97 Å². The van der Waals surface area contributed by atoms with Gasteiger partial charge in [-0.3, -0.25) is 9.59 Å². The Morgan fingerprint density at radius 2 is 2.18 bits per heavy atom. The fraction of sp³-hybridized carbons (Fsp3) is 0.833. The van der Waals surface area contributed by atoms with Crippen LogP contribution in [-0.2, 0) is 14.3 Å². The van der Waals surface area contributed by atoms with E-state index in [1.807, 2.05) is 0 Å². The molecule has 17 heavy (non-hydrogen) atoms. The topological polar surface area (TPSA) is 49.9 Å². The SMILES string of the molecule is CCOC(=O)CC(=O)N(C)C1CCCN(C)C1. The minimum absolute atomic E-state index is 0.148. The summed E-state index contributed by atoms with van der Waals surface area (Å²) in [6.45, 7) is 4.02. The van der Waals surface area contributed by atoms with Crippen molar-refractivity contribution >= 4 is 11.9 Å². The lowest BCUT2D eigenvalue weighted by Gasteiger charge is -2.35. The van der Waals surface area contributed by atoms with Gasteiger partial charge in [0.15, 0.2) is 0 Å². The fourth-order valence-electron chi connectivity index (χ4n) is 2.12. The van der Waals surface area contributed by atoms with E-state index >= 15 is 0 Å². The van der Waals surface area contributed by atoms with Crippen molar-refractivity contribution in [1.29, 1.82) is 0 Å². The Morgan fingerprint density at radius 1 is 1.47 bits per heavy atom. The van der Waals surface area contributed by atoms with Crippen molar-refractivity contribution in [2.24, 2.45) is 0 Å². The average Bonchev–Trinajstić information content (AvgIpc) is 2.28. The summed E-state index contributed by atoms with van der Waals surface area (Å²) < 4.78 is 4.77. The first-order chi connectivity index (χ1) is 8.04. The summed E-state index contributed by atoms with van der Waals surface area (Å²) in [5, 5.41) is 0. The molecule has 5 nitrogen and oxygen atoms in total. The lowest BCUT2D eigenvalue weighted by Crippen LogP contribution is -2.47. The number of hydrogen-bond donors (Lipinski definition) is 0. The average molecular weight is 242 g/mol. The number of rotatable bonds is 4. The van der Waals surface area contributed by atoms with E-state index in [9.17, 15) is 9.59 Å². The van der Waals surface area contributed by atoms with Gasteiger partial charge in [0.25, 0.3) is 0 Å². The van der Waals surface area contributed by atoms with E-state index in [1.165, 1.54) is 0 Å². The zero-order valence-corrected chi connectivity index (χ0v) is 10.9. The molecule has 1 saturated heterocycles. The zero-order chi connectivity index (χ0) is 12.8. The van der Waals surface area contributed by atoms with E-state index in [0.717, 1.165) is 25.9 Å². The fourth-order valence-corrected chi connectivity index (χ4v) is 2.12. The number of carbonyl (C=O) groups is 2. The van der Waals surface area contributed by atoms with Crippen LogP contribution in [0.4, 0.5) is 0 Å². The Bertz CT molecular complexity index is 281. The second-order valence-electron chi connectivity index (χ2n) is 4.54. The molecule has 1 atom stereocenters. The second kappa shape index (κ2) is 6.59. The highest BCUT2D eigenvalue weighted by Crippen LogP contribution is 2.14. The molecule has 0 aromatic rings. The number of amides is 1. The molecule has 1 fully saturated rings. The first-order valence-electron chi connectivity index (χ1n) is 6.14. The molecule has 0 spiro atoms. The summed E-state index contributed by atoms with van der Waals surface area (Å²) in [5.74, 6) is -0.586. The molecule has 1 heterocycles. The van der Waals surface area contributed by atoms with E-state index in [0.29, 0.717) is 6.61 Å². The minimum Gasteiger partial charge on any atom is -0.466 e. The summed E-state index contributed by atoms with van der Waals surface area (Å²) in [5.41, 5.74) is 0. The van der Waals surface area contributed by atoms with Crippen molar-refractivity contribution in [1.82, 2.24) is 9.80 Å². The van der Waals surface area contributed by atoms with Crippen LogP contribution in [-0.4, -0.2) is 61.5 Å². The molecule has 0 aliphatic carbocycles. The van der Waals surface area contributed by atoms with Crippen molar-refractivity contribution in [3.05, 3.63) is 0 Å². The molecule has 0 aromatic carbocycles. The van der Waals surface area contributed by atoms with Crippen LogP contribution >= 0.6 is 0 Å². The van der Waals surface area contributed by atoms with Crippen molar-refractivity contribution in [2.75, 3.05) is 33.8 Å². The Morgan fingerprint density at radius 3 is 2.76 bits per heavy atom. The van der Waals surface area contributed by atoms with Gasteiger partial charge in [0, 0.05) is 19.6 Å². The van der Waals surface area contributed by atoms with Gasteiger partial charge in [0.2, 0.25) is 5.91 Å². The van der Waals surface area contributed by atoms with Crippen LogP contribution in [0.15, 0.2) is 0 Å². The lowest BCUT2D eigenvalue weighted by atomic mass is 10.0. The lowest BCUT2D eigenvalue weighted by molar-refractivity contribution is -0.149. The highest BCUT2D eigenvalue weighted by atomic mass is 16.5. The predicted octanol–water partition coefficient (Wildman–Crippen LogP) is 0.492. The number of carbonyl (C=O) groups excluding carboxylic acids is 2. The summed E-state index contributed by atoms with van der Waals surface area (Å²) in [4.78, 5) is 27.0. The van der Waals surface area contributed by atoms with E-state index < -0.39 is 5.97 Å². The van der Waals surface area contributed by atoms with Gasteiger partial charge in [-0.05, 0) is 33.4 Å². The number of likely N-dealkylation sites (N-methyl/N-ethyl adjacent to an activating group) is 2. The third kappa shape index (κ3) is 4.34. The molecule has 0 saturated carbocycles. The molecule has 1 aliphatic heterocycles. The van der Waals surface area contributed by atoms with E-state index in [-0.39, 0.29) is 18.4 Å². The van der Waals surface area contributed by atoms with Gasteiger partial charge in [-0.25, -0.2) is 0 Å². The molecule has 5 heteroatoms. The third-order valence-corrected chi connectivity index (χ3v) is 3.14. The second-order valence-corrected chi connectivity index (χ2v) is 4.54. The summed E-state index contributed by atoms with van der Waals surface area (Å²) >= 11 is 0. The number of nitrogens with zero attached hydrogens (tertiary/aromatic N) is 2. The monoisotopic (exact) mass is 242 g/mol. The molecule has 1 unspecified atom stereocenters. The number of piperidine rings is 1. The van der Waals surface area contributed by atoms with Crippen LogP contribution in [0.5, 0.6) is 0 Å². The quantitative estimate of drug-likeness (QED) is 0.532. The van der Waals surface area contributed by atoms with Gasteiger partial charge in [-0.2, -0.15) is 0 Å². The molecule has 1 rings (SSSR count). The Kier molecular flexibility index (Phi) is 5.41. The molecule has 1 aliphatic rings. The largest absolute Gasteiger partial charge is 0.466 e. The standard InChI is InChI=1S/C12H22N2O3/c1-4-17-12(16)8-11(15)14(3)10-6-5-7-13(2)9-10/h10H,4-9H2,1-3H3. The first kappa shape index (κ1) is 14.0. The summed E-state index contributed by atoms with van der Waals surface area (Å²) in [7, 11) is 3.82. The van der Waals surface area contributed by atoms with Gasteiger partial charge < -0.3 is 14.5 Å². The van der Waals surface area contributed by atoms with Crippen LogP contribution in [0.2, 0.25) is 0 Å². The molecule has 0 aromatic heterocycles. The minimum atomic E-state index is -0.437. The normalized spacial score (nSPS) is 21.0. The first-order valence-corrected chi connectivity index (χ1v) is 6.14. The zero-order valence-electron chi connectivity index (χ0n) is 10.9. The Hall–Kier alpha value is -1.10. The maximum atomic E-state index is 11.8. The molecule has 0 N–H and O–H groups in total. The van der Waals surface area contributed by atoms with Gasteiger partial charge in [0.05, 0.1) is 6.61 Å². The number of hydrogen-bond acceptors (Lipinski definition) is 4. The van der Waals surface area contributed by atoms with Crippen molar-refractivity contribution < 1.29 is 14.3 Å². The highest BCUT2D eigenvalue weighted by Gasteiger charge is 2.25. The van der Waals surface area contributed by atoms with Crippen molar-refractivity contribution in [2.45, 2.75) is 32.2 Å². The number of esters is 1. The molecule has 98 valence electrons. The van der Waals surface area contributed by atoms with Crippen molar-refractivity contribution in [3.63, 3.8) is 0 Å². The van der Waals surface area contributed by atoms with Crippen molar-refractivity contribution in [3.8, 4) is 0 Å². The smallest absolute Gasteiger partial charge is 0.315 e. The maximum Gasteiger partial charge on any atom is 0.315 e. The number of ether oxygens (including phenoxy) is 1. The Balaban J connectivity index is 2.42. The van der Waals surface area contributed by atoms with E-state index in [1.54, 1.807) is 18.9 Å². The van der Waals surface area contributed by atoms with Crippen LogP contribution in [0.3, 0.4) is 0 Å². The molecular weight excluding hydrogens is 220 g/mol. The van der Waals surface area contributed by atoms with Crippen LogP contribution < -0.4 is 0 Å². The summed E-state index contributed by atoms with van der Waals surface area (Å²) in [6.07, 6.45) is 1.96. The summed E-state index contributed by atoms with van der Waals surface area (Å²) in [6, 6.07) is 0.218. The number of likely N-dealkylation sites (tertiary alicyclic amines) is 1.